The SMILES string of the molecule is CCCC/C=C\C/C=C\CCCCCCCC(=O)OC(COC(=O)CCCC)COP(=O)(O)OC1C(O)C(O)C(O)C(O)C1O. The molecule has 0 aliphatic heterocycles. The predicted molar refractivity (Wildman–Crippen MR) is 166 cm³/mol. The Kier molecular flexibility index (Phi) is 21.7. The molecule has 45 heavy (non-hydrogen) atoms. The van der Waals surface area contributed by atoms with Crippen LogP contribution in [-0.4, -0.2) is 98.3 Å². The molecule has 0 aromatic carbocycles. The molecule has 1 aliphatic carbocycles. The lowest BCUT2D eigenvalue weighted by Crippen LogP contribution is -2.64. The van der Waals surface area contributed by atoms with E-state index in [9.17, 15) is 44.6 Å². The average molecular weight is 667 g/mol. The summed E-state index contributed by atoms with van der Waals surface area (Å²) in [5, 5.41) is 49.5. The summed E-state index contributed by atoms with van der Waals surface area (Å²) < 4.78 is 32.7. The highest BCUT2D eigenvalue weighted by Gasteiger charge is 2.51. The Bertz CT molecular complexity index is 911. The Morgan fingerprint density at radius 2 is 1.22 bits per heavy atom. The van der Waals surface area contributed by atoms with Crippen LogP contribution in [0, 0.1) is 0 Å². The summed E-state index contributed by atoms with van der Waals surface area (Å²) in [7, 11) is -5.09. The summed E-state index contributed by atoms with van der Waals surface area (Å²) >= 11 is 0. The lowest BCUT2D eigenvalue weighted by Gasteiger charge is -2.41. The van der Waals surface area contributed by atoms with Crippen molar-refractivity contribution in [3.63, 3.8) is 0 Å². The van der Waals surface area contributed by atoms with Gasteiger partial charge in [-0.05, 0) is 38.5 Å². The van der Waals surface area contributed by atoms with Crippen LogP contribution >= 0.6 is 7.82 Å². The molecule has 6 atom stereocenters. The molecule has 6 unspecified atom stereocenters. The van der Waals surface area contributed by atoms with Crippen LogP contribution in [0.5, 0.6) is 0 Å². The summed E-state index contributed by atoms with van der Waals surface area (Å²) in [5.41, 5.74) is 0. The van der Waals surface area contributed by atoms with Crippen molar-refractivity contribution in [1.29, 1.82) is 0 Å². The molecule has 1 fully saturated rings. The van der Waals surface area contributed by atoms with Crippen molar-refractivity contribution in [3.05, 3.63) is 24.3 Å². The van der Waals surface area contributed by atoms with Crippen LogP contribution in [0.4, 0.5) is 0 Å². The topological polar surface area (TPSA) is 210 Å². The smallest absolute Gasteiger partial charge is 0.462 e. The summed E-state index contributed by atoms with van der Waals surface area (Å²) in [5.74, 6) is -1.16. The van der Waals surface area contributed by atoms with E-state index in [2.05, 4.69) is 31.2 Å². The van der Waals surface area contributed by atoms with Crippen LogP contribution in [-0.2, 0) is 32.7 Å². The number of phosphoric ester groups is 1. The quantitative estimate of drug-likeness (QED) is 0.0378. The number of carbonyl (C=O) groups excluding carboxylic acids is 2. The van der Waals surface area contributed by atoms with Crippen molar-refractivity contribution in [2.75, 3.05) is 13.2 Å². The zero-order valence-electron chi connectivity index (χ0n) is 26.7. The van der Waals surface area contributed by atoms with Gasteiger partial charge in [0.05, 0.1) is 6.61 Å². The van der Waals surface area contributed by atoms with Crippen LogP contribution in [0.3, 0.4) is 0 Å². The van der Waals surface area contributed by atoms with Gasteiger partial charge in [0, 0.05) is 12.8 Å². The van der Waals surface area contributed by atoms with E-state index in [4.69, 9.17) is 18.5 Å². The Morgan fingerprint density at radius 3 is 1.84 bits per heavy atom. The van der Waals surface area contributed by atoms with Gasteiger partial charge in [-0.1, -0.05) is 76.7 Å². The second-order valence-electron chi connectivity index (χ2n) is 11.3. The van der Waals surface area contributed by atoms with Gasteiger partial charge in [-0.3, -0.25) is 18.6 Å². The number of aliphatic hydroxyl groups excluding tert-OH is 5. The van der Waals surface area contributed by atoms with E-state index < -0.39 is 75.7 Å². The molecule has 0 aromatic rings. The maximum atomic E-state index is 12.6. The molecule has 0 bridgehead atoms. The zero-order chi connectivity index (χ0) is 33.7. The second-order valence-corrected chi connectivity index (χ2v) is 12.7. The number of carbonyl (C=O) groups is 2. The first kappa shape index (κ1) is 41.4. The minimum absolute atomic E-state index is 0.0798. The van der Waals surface area contributed by atoms with Crippen molar-refractivity contribution < 1.29 is 63.1 Å². The lowest BCUT2D eigenvalue weighted by atomic mass is 9.85. The highest BCUT2D eigenvalue weighted by molar-refractivity contribution is 7.47. The summed E-state index contributed by atoms with van der Waals surface area (Å²) in [6, 6.07) is 0. The van der Waals surface area contributed by atoms with Gasteiger partial charge in [-0.15, -0.1) is 0 Å². The van der Waals surface area contributed by atoms with E-state index in [-0.39, 0.29) is 12.8 Å². The standard InChI is InChI=1S/C31H55O13P/c1-3-5-7-8-9-10-11-12-13-14-15-16-17-18-20-25(33)43-23(21-41-24(32)19-6-4-2)22-42-45(39,40)44-31-29(37)27(35)26(34)28(36)30(31)38/h8-9,11-12,23,26-31,34-38H,3-7,10,13-22H2,1-2H3,(H,39,40)/b9-8-,12-11-. The first-order valence-corrected chi connectivity index (χ1v) is 17.6. The van der Waals surface area contributed by atoms with Gasteiger partial charge in [0.15, 0.2) is 6.10 Å². The van der Waals surface area contributed by atoms with Gasteiger partial charge in [-0.25, -0.2) is 4.57 Å². The molecule has 1 rings (SSSR count). The maximum absolute atomic E-state index is 12.6. The highest BCUT2D eigenvalue weighted by Crippen LogP contribution is 2.47. The average Bonchev–Trinajstić information content (AvgIpc) is 3.01. The number of hydrogen-bond donors (Lipinski definition) is 6. The fourth-order valence-electron chi connectivity index (χ4n) is 4.51. The fraction of sp³-hybridized carbons (Fsp3) is 0.806. The predicted octanol–water partition coefficient (Wildman–Crippen LogP) is 3.38. The Balaban J connectivity index is 2.51. The van der Waals surface area contributed by atoms with E-state index in [1.807, 2.05) is 6.92 Å². The number of esters is 2. The highest BCUT2D eigenvalue weighted by atomic mass is 31.2. The molecular formula is C31H55O13P. The third-order valence-corrected chi connectivity index (χ3v) is 8.28. The van der Waals surface area contributed by atoms with E-state index in [0.29, 0.717) is 12.8 Å². The minimum atomic E-state index is -5.09. The van der Waals surface area contributed by atoms with Crippen LogP contribution < -0.4 is 0 Å². The van der Waals surface area contributed by atoms with Crippen molar-refractivity contribution in [1.82, 2.24) is 0 Å². The Morgan fingerprint density at radius 1 is 0.689 bits per heavy atom. The summed E-state index contributed by atoms with van der Waals surface area (Å²) in [4.78, 5) is 34.6. The second kappa shape index (κ2) is 23.6. The largest absolute Gasteiger partial charge is 0.472 e. The molecule has 6 N–H and O–H groups in total. The van der Waals surface area contributed by atoms with Crippen molar-refractivity contribution in [2.24, 2.45) is 0 Å². The first-order chi connectivity index (χ1) is 21.4. The Labute approximate surface area is 266 Å². The first-order valence-electron chi connectivity index (χ1n) is 16.1. The van der Waals surface area contributed by atoms with Crippen molar-refractivity contribution in [2.45, 2.75) is 146 Å². The van der Waals surface area contributed by atoms with Gasteiger partial charge >= 0.3 is 19.8 Å². The molecule has 0 heterocycles. The van der Waals surface area contributed by atoms with Gasteiger partial charge in [0.25, 0.3) is 0 Å². The number of hydrogen-bond acceptors (Lipinski definition) is 12. The van der Waals surface area contributed by atoms with E-state index in [1.165, 1.54) is 12.8 Å². The van der Waals surface area contributed by atoms with Crippen molar-refractivity contribution >= 4 is 19.8 Å². The number of allylic oxidation sites excluding steroid dienone is 4. The lowest BCUT2D eigenvalue weighted by molar-refractivity contribution is -0.220. The summed E-state index contributed by atoms with van der Waals surface area (Å²) in [6.45, 7) is 2.89. The molecule has 0 amide bonds. The number of aliphatic hydroxyl groups is 5. The van der Waals surface area contributed by atoms with Crippen LogP contribution in [0.25, 0.3) is 0 Å². The molecule has 0 spiro atoms. The zero-order valence-corrected chi connectivity index (χ0v) is 27.5. The molecule has 0 radical (unpaired) electrons. The number of rotatable bonds is 24. The van der Waals surface area contributed by atoms with Crippen molar-refractivity contribution in [3.8, 4) is 0 Å². The van der Waals surface area contributed by atoms with E-state index >= 15 is 0 Å². The molecule has 262 valence electrons. The molecule has 0 aromatic heterocycles. The van der Waals surface area contributed by atoms with Gasteiger partial charge < -0.3 is 39.9 Å². The fourth-order valence-corrected chi connectivity index (χ4v) is 5.49. The maximum Gasteiger partial charge on any atom is 0.472 e. The molecular weight excluding hydrogens is 611 g/mol. The van der Waals surface area contributed by atoms with E-state index in [0.717, 1.165) is 51.4 Å². The molecule has 13 nitrogen and oxygen atoms in total. The Hall–Kier alpha value is -1.67. The van der Waals surface area contributed by atoms with Crippen LogP contribution in [0.1, 0.15) is 104 Å². The normalized spacial score (nSPS) is 25.8. The van der Waals surface area contributed by atoms with Gasteiger partial charge in [0.1, 0.15) is 43.2 Å². The number of ether oxygens (including phenoxy) is 2. The van der Waals surface area contributed by atoms with Crippen LogP contribution in [0.2, 0.25) is 0 Å². The monoisotopic (exact) mass is 666 g/mol. The molecule has 14 heteroatoms. The summed E-state index contributed by atoms with van der Waals surface area (Å²) in [6.07, 6.45) is 7.04. The molecule has 1 aliphatic rings. The molecule has 1 saturated carbocycles. The third kappa shape index (κ3) is 17.7. The van der Waals surface area contributed by atoms with Gasteiger partial charge in [-0.2, -0.15) is 0 Å². The molecule has 0 saturated heterocycles. The van der Waals surface area contributed by atoms with E-state index in [1.54, 1.807) is 0 Å². The number of phosphoric acid groups is 1. The third-order valence-electron chi connectivity index (χ3n) is 7.30. The number of unbranched alkanes of at least 4 members (excludes halogenated alkanes) is 8. The van der Waals surface area contributed by atoms with Gasteiger partial charge in [0.2, 0.25) is 0 Å². The van der Waals surface area contributed by atoms with Crippen LogP contribution in [0.15, 0.2) is 24.3 Å². The minimum Gasteiger partial charge on any atom is -0.462 e.